The molecule has 2 heterocycles. The minimum absolute atomic E-state index is 0.0673. The Labute approximate surface area is 146 Å². The number of primary amides is 1. The van der Waals surface area contributed by atoms with Crippen molar-refractivity contribution in [3.8, 4) is 0 Å². The number of aromatic nitrogens is 2. The fourth-order valence-electron chi connectivity index (χ4n) is 3.26. The highest BCUT2D eigenvalue weighted by Crippen LogP contribution is 2.24. The summed E-state index contributed by atoms with van der Waals surface area (Å²) in [5.41, 5.74) is 9.42. The molecule has 1 atom stereocenters. The fourth-order valence-corrected chi connectivity index (χ4v) is 3.26. The molecule has 7 nitrogen and oxygen atoms in total. The lowest BCUT2D eigenvalue weighted by Crippen LogP contribution is -2.45. The van der Waals surface area contributed by atoms with Gasteiger partial charge in [-0.2, -0.15) is 5.10 Å². The highest BCUT2D eigenvalue weighted by molar-refractivity contribution is 5.95. The quantitative estimate of drug-likeness (QED) is 0.874. The summed E-state index contributed by atoms with van der Waals surface area (Å²) in [4.78, 5) is 26.3. The van der Waals surface area contributed by atoms with Crippen molar-refractivity contribution >= 4 is 17.5 Å². The molecule has 3 rings (SSSR count). The van der Waals surface area contributed by atoms with Gasteiger partial charge in [0.05, 0.1) is 6.04 Å². The van der Waals surface area contributed by atoms with E-state index in [4.69, 9.17) is 5.73 Å². The van der Waals surface area contributed by atoms with E-state index in [0.717, 1.165) is 35.5 Å². The molecule has 0 radical (unpaired) electrons. The lowest BCUT2D eigenvalue weighted by atomic mass is 10.0. The van der Waals surface area contributed by atoms with Crippen LogP contribution < -0.4 is 11.1 Å². The first-order valence-electron chi connectivity index (χ1n) is 8.33. The first-order chi connectivity index (χ1) is 11.9. The van der Waals surface area contributed by atoms with E-state index < -0.39 is 5.91 Å². The summed E-state index contributed by atoms with van der Waals surface area (Å²) in [6.07, 6.45) is 0.730. The van der Waals surface area contributed by atoms with Crippen molar-refractivity contribution in [1.82, 2.24) is 14.7 Å². The molecule has 0 bridgehead atoms. The van der Waals surface area contributed by atoms with Gasteiger partial charge in [0.1, 0.15) is 0 Å². The number of hydrogen-bond donors (Lipinski definition) is 2. The van der Waals surface area contributed by atoms with Crippen LogP contribution in [0.2, 0.25) is 0 Å². The van der Waals surface area contributed by atoms with Crippen molar-refractivity contribution in [3.05, 3.63) is 46.8 Å². The number of nitrogens with two attached hydrogens (primary N) is 1. The Morgan fingerprint density at radius 2 is 2.04 bits per heavy atom. The highest BCUT2D eigenvalue weighted by Gasteiger charge is 2.30. The maximum absolute atomic E-state index is 12.6. The number of amides is 2. The molecule has 0 unspecified atom stereocenters. The highest BCUT2D eigenvalue weighted by atomic mass is 16.2. The minimum Gasteiger partial charge on any atom is -0.364 e. The maximum atomic E-state index is 12.6. The molecule has 0 fully saturated rings. The van der Waals surface area contributed by atoms with Crippen molar-refractivity contribution < 1.29 is 9.59 Å². The third-order valence-corrected chi connectivity index (χ3v) is 4.84. The number of para-hydroxylation sites is 1. The van der Waals surface area contributed by atoms with Gasteiger partial charge in [0.15, 0.2) is 5.69 Å². The standard InChI is InChI=1S/C18H23N5O2/c1-11-6-4-5-7-14(11)20-18(25)12(2)23-9-8-15-13(10-23)16(17(19)24)21-22(15)3/h4-7,12H,8-10H2,1-3H3,(H2,19,24)(H,20,25)/t12-/m0/s1. The van der Waals surface area contributed by atoms with Crippen LogP contribution >= 0.6 is 0 Å². The summed E-state index contributed by atoms with van der Waals surface area (Å²) in [5.74, 6) is -0.599. The molecule has 2 amide bonds. The van der Waals surface area contributed by atoms with E-state index in [1.54, 1.807) is 4.68 Å². The van der Waals surface area contributed by atoms with E-state index >= 15 is 0 Å². The van der Waals surface area contributed by atoms with Crippen LogP contribution in [0.3, 0.4) is 0 Å². The summed E-state index contributed by atoms with van der Waals surface area (Å²) in [5, 5.41) is 7.21. The second-order valence-corrected chi connectivity index (χ2v) is 6.46. The number of nitrogens with one attached hydrogen (secondary N) is 1. The van der Waals surface area contributed by atoms with Gasteiger partial charge in [-0.1, -0.05) is 18.2 Å². The SMILES string of the molecule is Cc1ccccc1NC(=O)[C@H](C)N1CCc2c(c(C(N)=O)nn2C)C1. The van der Waals surface area contributed by atoms with Crippen LogP contribution in [0.25, 0.3) is 0 Å². The second-order valence-electron chi connectivity index (χ2n) is 6.46. The van der Waals surface area contributed by atoms with E-state index in [0.29, 0.717) is 12.2 Å². The van der Waals surface area contributed by atoms with Gasteiger partial charge >= 0.3 is 0 Å². The van der Waals surface area contributed by atoms with Gasteiger partial charge in [0, 0.05) is 43.5 Å². The maximum Gasteiger partial charge on any atom is 0.269 e. The van der Waals surface area contributed by atoms with Crippen LogP contribution in [-0.2, 0) is 24.8 Å². The molecule has 0 saturated carbocycles. The summed E-state index contributed by atoms with van der Waals surface area (Å²) < 4.78 is 1.71. The third-order valence-electron chi connectivity index (χ3n) is 4.84. The van der Waals surface area contributed by atoms with Gasteiger partial charge in [-0.3, -0.25) is 19.2 Å². The minimum atomic E-state index is -0.532. The van der Waals surface area contributed by atoms with Crippen molar-refractivity contribution in [2.45, 2.75) is 32.9 Å². The normalized spacial score (nSPS) is 15.5. The number of hydrogen-bond acceptors (Lipinski definition) is 4. The van der Waals surface area contributed by atoms with E-state index in [9.17, 15) is 9.59 Å². The van der Waals surface area contributed by atoms with Crippen LogP contribution in [0, 0.1) is 6.92 Å². The van der Waals surface area contributed by atoms with E-state index in [2.05, 4.69) is 10.4 Å². The van der Waals surface area contributed by atoms with Crippen LogP contribution in [0.1, 0.15) is 34.2 Å². The molecule has 0 aliphatic carbocycles. The molecule has 0 spiro atoms. The number of benzene rings is 1. The van der Waals surface area contributed by atoms with Gasteiger partial charge in [-0.05, 0) is 25.5 Å². The van der Waals surface area contributed by atoms with Crippen LogP contribution in [0.5, 0.6) is 0 Å². The van der Waals surface area contributed by atoms with Crippen LogP contribution in [0.4, 0.5) is 5.69 Å². The predicted molar refractivity (Wildman–Crippen MR) is 95.1 cm³/mol. The smallest absolute Gasteiger partial charge is 0.269 e. The summed E-state index contributed by atoms with van der Waals surface area (Å²) in [6, 6.07) is 7.36. The van der Waals surface area contributed by atoms with Gasteiger partial charge in [0.25, 0.3) is 5.91 Å². The molecule has 0 saturated heterocycles. The Morgan fingerprint density at radius 3 is 2.72 bits per heavy atom. The molecule has 1 aromatic heterocycles. The molecule has 1 aliphatic heterocycles. The Hall–Kier alpha value is -2.67. The molecule has 7 heteroatoms. The van der Waals surface area contributed by atoms with E-state index in [1.807, 2.05) is 50.1 Å². The molecule has 1 aliphatic rings. The summed E-state index contributed by atoms with van der Waals surface area (Å²) in [6.45, 7) is 5.05. The largest absolute Gasteiger partial charge is 0.364 e. The molecular weight excluding hydrogens is 318 g/mol. The number of rotatable bonds is 4. The van der Waals surface area contributed by atoms with Crippen molar-refractivity contribution in [1.29, 1.82) is 0 Å². The van der Waals surface area contributed by atoms with Crippen molar-refractivity contribution in [3.63, 3.8) is 0 Å². The zero-order valence-electron chi connectivity index (χ0n) is 14.7. The average molecular weight is 341 g/mol. The van der Waals surface area contributed by atoms with E-state index in [-0.39, 0.29) is 11.9 Å². The van der Waals surface area contributed by atoms with Gasteiger partial charge in [-0.25, -0.2) is 0 Å². The number of aryl methyl sites for hydroxylation is 2. The molecule has 3 N–H and O–H groups in total. The fraction of sp³-hybridized carbons (Fsp3) is 0.389. The number of carbonyl (C=O) groups is 2. The lowest BCUT2D eigenvalue weighted by Gasteiger charge is -2.32. The monoisotopic (exact) mass is 341 g/mol. The van der Waals surface area contributed by atoms with E-state index in [1.165, 1.54) is 0 Å². The average Bonchev–Trinajstić information content (AvgIpc) is 2.93. The lowest BCUT2D eigenvalue weighted by molar-refractivity contribution is -0.121. The number of fused-ring (bicyclic) bond motifs is 1. The topological polar surface area (TPSA) is 93.2 Å². The zero-order valence-corrected chi connectivity index (χ0v) is 14.7. The zero-order chi connectivity index (χ0) is 18.1. The second kappa shape index (κ2) is 6.68. The Balaban J connectivity index is 1.76. The van der Waals surface area contributed by atoms with Crippen LogP contribution in [0.15, 0.2) is 24.3 Å². The molecule has 1 aromatic carbocycles. The number of anilines is 1. The number of carbonyl (C=O) groups excluding carboxylic acids is 2. The predicted octanol–water partition coefficient (Wildman–Crippen LogP) is 1.21. The molecule has 2 aromatic rings. The Kier molecular flexibility index (Phi) is 4.59. The number of nitrogens with zero attached hydrogens (tertiary/aromatic N) is 3. The van der Waals surface area contributed by atoms with Gasteiger partial charge in [0.2, 0.25) is 5.91 Å². The van der Waals surface area contributed by atoms with Gasteiger partial charge in [-0.15, -0.1) is 0 Å². The summed E-state index contributed by atoms with van der Waals surface area (Å²) >= 11 is 0. The Morgan fingerprint density at radius 1 is 1.32 bits per heavy atom. The van der Waals surface area contributed by atoms with Crippen LogP contribution in [-0.4, -0.2) is 39.1 Å². The van der Waals surface area contributed by atoms with Crippen molar-refractivity contribution in [2.75, 3.05) is 11.9 Å². The summed E-state index contributed by atoms with van der Waals surface area (Å²) in [7, 11) is 1.81. The van der Waals surface area contributed by atoms with Gasteiger partial charge < -0.3 is 11.1 Å². The Bertz CT molecular complexity index is 827. The molecule has 25 heavy (non-hydrogen) atoms. The molecular formula is C18H23N5O2. The van der Waals surface area contributed by atoms with Crippen molar-refractivity contribution in [2.24, 2.45) is 12.8 Å². The first kappa shape index (κ1) is 17.2. The molecule has 132 valence electrons. The first-order valence-corrected chi connectivity index (χ1v) is 8.33. The third kappa shape index (κ3) is 3.28.